The predicted molar refractivity (Wildman–Crippen MR) is 75.2 cm³/mol. The zero-order valence-electron chi connectivity index (χ0n) is 11.1. The van der Waals surface area contributed by atoms with Crippen LogP contribution in [0.5, 0.6) is 0 Å². The van der Waals surface area contributed by atoms with Crippen LogP contribution in [0.2, 0.25) is 0 Å². The number of hydrogen-bond donors (Lipinski definition) is 2. The molecule has 4 nitrogen and oxygen atoms in total. The Morgan fingerprint density at radius 2 is 2.33 bits per heavy atom. The van der Waals surface area contributed by atoms with Crippen molar-refractivity contribution in [1.82, 2.24) is 5.32 Å². The molecular weight excluding hydrogens is 226 g/mol. The second-order valence-electron chi connectivity index (χ2n) is 4.65. The van der Waals surface area contributed by atoms with Crippen LogP contribution in [-0.2, 0) is 11.2 Å². The molecule has 18 heavy (non-hydrogen) atoms. The molecule has 0 atom stereocenters. The van der Waals surface area contributed by atoms with Crippen molar-refractivity contribution in [3.05, 3.63) is 23.8 Å². The highest BCUT2D eigenvalue weighted by molar-refractivity contribution is 5.84. The van der Waals surface area contributed by atoms with Gasteiger partial charge in [0.25, 0.3) is 0 Å². The van der Waals surface area contributed by atoms with E-state index in [9.17, 15) is 4.79 Å². The van der Waals surface area contributed by atoms with E-state index >= 15 is 0 Å². The molecular formula is C14H21N3O. The number of rotatable bonds is 4. The fourth-order valence-electron chi connectivity index (χ4n) is 2.36. The van der Waals surface area contributed by atoms with E-state index in [0.717, 1.165) is 18.7 Å². The number of fused-ring (bicyclic) bond motifs is 1. The van der Waals surface area contributed by atoms with Gasteiger partial charge >= 0.3 is 0 Å². The molecule has 1 aromatic rings. The molecule has 1 amide bonds. The maximum Gasteiger partial charge on any atom is 0.239 e. The number of carbonyl (C=O) groups is 1. The lowest BCUT2D eigenvalue weighted by molar-refractivity contribution is -0.119. The van der Waals surface area contributed by atoms with Crippen LogP contribution in [0, 0.1) is 0 Å². The van der Waals surface area contributed by atoms with Gasteiger partial charge in [-0.15, -0.1) is 0 Å². The molecule has 1 heterocycles. The summed E-state index contributed by atoms with van der Waals surface area (Å²) in [5, 5.41) is 6.27. The normalized spacial score (nSPS) is 13.4. The summed E-state index contributed by atoms with van der Waals surface area (Å²) in [6, 6.07) is 6.29. The Morgan fingerprint density at radius 3 is 3.11 bits per heavy atom. The molecule has 0 saturated heterocycles. The molecule has 0 radical (unpaired) electrons. The minimum Gasteiger partial charge on any atom is -0.383 e. The van der Waals surface area contributed by atoms with Gasteiger partial charge in [-0.05, 0) is 31.4 Å². The molecule has 0 unspecified atom stereocenters. The average Bonchev–Trinajstić information content (AvgIpc) is 2.38. The van der Waals surface area contributed by atoms with Crippen LogP contribution in [0.15, 0.2) is 18.2 Å². The van der Waals surface area contributed by atoms with Gasteiger partial charge in [-0.1, -0.05) is 12.1 Å². The lowest BCUT2D eigenvalue weighted by Gasteiger charge is -2.27. The molecule has 1 aliphatic heterocycles. The lowest BCUT2D eigenvalue weighted by atomic mass is 10.0. The first kappa shape index (κ1) is 12.7. The minimum atomic E-state index is 0.0633. The first-order valence-electron chi connectivity index (χ1n) is 6.56. The summed E-state index contributed by atoms with van der Waals surface area (Å²) in [6.07, 6.45) is 2.29. The van der Waals surface area contributed by atoms with E-state index in [1.165, 1.54) is 17.7 Å². The number of hydrogen-bond acceptors (Lipinski definition) is 3. The molecule has 0 aromatic heterocycles. The van der Waals surface area contributed by atoms with Crippen molar-refractivity contribution in [2.45, 2.75) is 19.8 Å². The summed E-state index contributed by atoms with van der Waals surface area (Å²) < 4.78 is 0. The number of benzene rings is 1. The van der Waals surface area contributed by atoms with Gasteiger partial charge in [0.1, 0.15) is 0 Å². The highest BCUT2D eigenvalue weighted by Crippen LogP contribution is 2.32. The number of carbonyl (C=O) groups excluding carboxylic acids is 1. The van der Waals surface area contributed by atoms with Crippen molar-refractivity contribution in [3.8, 4) is 0 Å². The van der Waals surface area contributed by atoms with Gasteiger partial charge in [0.05, 0.1) is 17.9 Å². The maximum atomic E-state index is 11.6. The van der Waals surface area contributed by atoms with Crippen molar-refractivity contribution >= 4 is 17.3 Å². The van der Waals surface area contributed by atoms with E-state index in [2.05, 4.69) is 28.8 Å². The molecule has 0 spiro atoms. The second kappa shape index (κ2) is 5.76. The van der Waals surface area contributed by atoms with E-state index < -0.39 is 0 Å². The fraction of sp³-hybridized carbons (Fsp3) is 0.500. The molecule has 98 valence electrons. The Morgan fingerprint density at radius 1 is 1.50 bits per heavy atom. The first-order valence-corrected chi connectivity index (χ1v) is 6.56. The fourth-order valence-corrected chi connectivity index (χ4v) is 2.36. The molecule has 2 N–H and O–H groups in total. The zero-order valence-corrected chi connectivity index (χ0v) is 11.1. The highest BCUT2D eigenvalue weighted by Gasteiger charge is 2.16. The summed E-state index contributed by atoms with van der Waals surface area (Å²) in [6.45, 7) is 4.02. The van der Waals surface area contributed by atoms with Gasteiger partial charge in [0, 0.05) is 20.1 Å². The lowest BCUT2D eigenvalue weighted by Crippen LogP contribution is -2.35. The predicted octanol–water partition coefficient (Wildman–Crippen LogP) is 1.62. The van der Waals surface area contributed by atoms with Crippen molar-refractivity contribution in [1.29, 1.82) is 0 Å². The minimum absolute atomic E-state index is 0.0633. The third-order valence-electron chi connectivity index (χ3n) is 3.22. The molecule has 0 bridgehead atoms. The van der Waals surface area contributed by atoms with Crippen molar-refractivity contribution < 1.29 is 4.79 Å². The zero-order chi connectivity index (χ0) is 13.0. The molecule has 0 aliphatic carbocycles. The summed E-state index contributed by atoms with van der Waals surface area (Å²) in [5.41, 5.74) is 3.65. The molecule has 2 rings (SSSR count). The first-order chi connectivity index (χ1) is 8.72. The van der Waals surface area contributed by atoms with Crippen LogP contribution < -0.4 is 15.5 Å². The number of amides is 1. The summed E-state index contributed by atoms with van der Waals surface area (Å²) in [5.74, 6) is 0.0633. The largest absolute Gasteiger partial charge is 0.383 e. The SMILES string of the molecule is CCNC(=O)CN(C)c1cccc2c1NCCC2. The molecule has 1 aliphatic rings. The summed E-state index contributed by atoms with van der Waals surface area (Å²) in [7, 11) is 1.96. The molecule has 0 saturated carbocycles. The highest BCUT2D eigenvalue weighted by atomic mass is 16.2. The quantitative estimate of drug-likeness (QED) is 0.849. The van der Waals surface area contributed by atoms with E-state index in [1.54, 1.807) is 0 Å². The number of likely N-dealkylation sites (N-methyl/N-ethyl adjacent to an activating group) is 2. The Balaban J connectivity index is 2.15. The van der Waals surface area contributed by atoms with Crippen molar-refractivity contribution in [2.75, 3.05) is 36.9 Å². The van der Waals surface area contributed by atoms with Crippen LogP contribution in [0.3, 0.4) is 0 Å². The van der Waals surface area contributed by atoms with Gasteiger partial charge in [-0.2, -0.15) is 0 Å². The summed E-state index contributed by atoms with van der Waals surface area (Å²) >= 11 is 0. The van der Waals surface area contributed by atoms with Gasteiger partial charge in [-0.25, -0.2) is 0 Å². The number of aryl methyl sites for hydroxylation is 1. The van der Waals surface area contributed by atoms with E-state index in [0.29, 0.717) is 13.1 Å². The van der Waals surface area contributed by atoms with Gasteiger partial charge in [0.2, 0.25) is 5.91 Å². The van der Waals surface area contributed by atoms with Gasteiger partial charge in [0.15, 0.2) is 0 Å². The molecule has 0 fully saturated rings. The third kappa shape index (κ3) is 2.75. The smallest absolute Gasteiger partial charge is 0.239 e. The standard InChI is InChI=1S/C14H21N3O/c1-3-15-13(18)10-17(2)12-8-4-6-11-7-5-9-16-14(11)12/h4,6,8,16H,3,5,7,9-10H2,1-2H3,(H,15,18). The Hall–Kier alpha value is -1.71. The monoisotopic (exact) mass is 247 g/mol. The summed E-state index contributed by atoms with van der Waals surface area (Å²) in [4.78, 5) is 13.6. The number of nitrogens with one attached hydrogen (secondary N) is 2. The number of nitrogens with zero attached hydrogens (tertiary/aromatic N) is 1. The van der Waals surface area contributed by atoms with Crippen LogP contribution in [-0.4, -0.2) is 32.6 Å². The second-order valence-corrected chi connectivity index (χ2v) is 4.65. The van der Waals surface area contributed by atoms with Crippen LogP contribution >= 0.6 is 0 Å². The van der Waals surface area contributed by atoms with Crippen LogP contribution in [0.1, 0.15) is 18.9 Å². The van der Waals surface area contributed by atoms with Crippen LogP contribution in [0.25, 0.3) is 0 Å². The van der Waals surface area contributed by atoms with Crippen molar-refractivity contribution in [3.63, 3.8) is 0 Å². The molecule has 4 heteroatoms. The Bertz CT molecular complexity index is 431. The third-order valence-corrected chi connectivity index (χ3v) is 3.22. The van der Waals surface area contributed by atoms with E-state index in [4.69, 9.17) is 0 Å². The topological polar surface area (TPSA) is 44.4 Å². The Labute approximate surface area is 108 Å². The number of anilines is 2. The molecule has 1 aromatic carbocycles. The number of para-hydroxylation sites is 1. The maximum absolute atomic E-state index is 11.6. The van der Waals surface area contributed by atoms with E-state index in [1.807, 2.05) is 18.9 Å². The van der Waals surface area contributed by atoms with E-state index in [-0.39, 0.29) is 5.91 Å². The van der Waals surface area contributed by atoms with Crippen molar-refractivity contribution in [2.24, 2.45) is 0 Å². The van der Waals surface area contributed by atoms with Crippen LogP contribution in [0.4, 0.5) is 11.4 Å². The average molecular weight is 247 g/mol. The van der Waals surface area contributed by atoms with Gasteiger partial charge < -0.3 is 15.5 Å². The Kier molecular flexibility index (Phi) is 4.07. The van der Waals surface area contributed by atoms with Gasteiger partial charge in [-0.3, -0.25) is 4.79 Å².